The molecule has 6 heteroatoms. The number of hydrogen-bond acceptors (Lipinski definition) is 3. The molecule has 3 aromatic rings. The van der Waals surface area contributed by atoms with Gasteiger partial charge in [0.25, 0.3) is 0 Å². The summed E-state index contributed by atoms with van der Waals surface area (Å²) in [5.41, 5.74) is 3.58. The van der Waals surface area contributed by atoms with Crippen molar-refractivity contribution in [3.8, 4) is 0 Å². The predicted octanol–water partition coefficient (Wildman–Crippen LogP) is 6.53. The molecule has 0 heterocycles. The minimum absolute atomic E-state index is 0.0398. The molecule has 0 saturated carbocycles. The molecule has 35 heavy (non-hydrogen) atoms. The summed E-state index contributed by atoms with van der Waals surface area (Å²) in [7, 11) is 0. The molecular formula is C29H34N2O3S. The van der Waals surface area contributed by atoms with E-state index in [1.54, 1.807) is 16.7 Å². The van der Waals surface area contributed by atoms with Gasteiger partial charge < -0.3 is 15.3 Å². The topological polar surface area (TPSA) is 69.6 Å². The third kappa shape index (κ3) is 8.48. The Morgan fingerprint density at radius 3 is 2.03 bits per heavy atom. The zero-order chi connectivity index (χ0) is 25.0. The van der Waals surface area contributed by atoms with Gasteiger partial charge in [-0.25, -0.2) is 4.79 Å². The van der Waals surface area contributed by atoms with E-state index in [4.69, 9.17) is 5.11 Å². The quantitative estimate of drug-likeness (QED) is 0.224. The smallest absolute Gasteiger partial charge is 0.318 e. The molecular weight excluding hydrogens is 456 g/mol. The molecule has 0 aliphatic carbocycles. The number of carbonyl (C=O) groups excluding carboxylic acids is 1. The Balaban J connectivity index is 1.70. The SMILES string of the molecule is Cc1ccccc1SC(C)NC(=O)N(CCCC(=O)O)CCC(c1ccccc1)c1ccccc1. The number of nitrogens with one attached hydrogen (secondary N) is 1. The van der Waals surface area contributed by atoms with Crippen LogP contribution in [-0.4, -0.2) is 40.5 Å². The molecule has 0 spiro atoms. The summed E-state index contributed by atoms with van der Waals surface area (Å²) in [5, 5.41) is 12.1. The summed E-state index contributed by atoms with van der Waals surface area (Å²) in [6, 6.07) is 28.6. The number of thioether (sulfide) groups is 1. The lowest BCUT2D eigenvalue weighted by atomic mass is 9.88. The predicted molar refractivity (Wildman–Crippen MR) is 143 cm³/mol. The molecule has 0 bridgehead atoms. The Bertz CT molecular complexity index is 1040. The van der Waals surface area contributed by atoms with Gasteiger partial charge in [-0.15, -0.1) is 11.8 Å². The van der Waals surface area contributed by atoms with Crippen molar-refractivity contribution in [3.05, 3.63) is 102 Å². The van der Waals surface area contributed by atoms with Gasteiger partial charge in [-0.2, -0.15) is 0 Å². The highest BCUT2D eigenvalue weighted by molar-refractivity contribution is 8.00. The summed E-state index contributed by atoms with van der Waals surface area (Å²) >= 11 is 1.61. The Morgan fingerprint density at radius 2 is 1.46 bits per heavy atom. The van der Waals surface area contributed by atoms with Gasteiger partial charge in [0.2, 0.25) is 0 Å². The number of carboxylic acid groups (broad SMARTS) is 1. The van der Waals surface area contributed by atoms with Gasteiger partial charge in [0.15, 0.2) is 0 Å². The summed E-state index contributed by atoms with van der Waals surface area (Å²) < 4.78 is 0. The molecule has 0 saturated heterocycles. The highest BCUT2D eigenvalue weighted by atomic mass is 32.2. The number of hydrogen-bond donors (Lipinski definition) is 2. The van der Waals surface area contributed by atoms with Crippen LogP contribution in [0, 0.1) is 6.92 Å². The van der Waals surface area contributed by atoms with Crippen LogP contribution < -0.4 is 5.32 Å². The standard InChI is InChI=1S/C29H34N2O3S/c1-22-12-9-10-17-27(22)35-23(2)30-29(34)31(20-11-18-28(32)33)21-19-26(24-13-5-3-6-14-24)25-15-7-4-8-16-25/h3-10,12-17,23,26H,11,18-21H2,1-2H3,(H,30,34)(H,32,33). The van der Waals surface area contributed by atoms with Crippen molar-refractivity contribution in [2.24, 2.45) is 0 Å². The number of rotatable bonds is 12. The molecule has 0 aliphatic rings. The summed E-state index contributed by atoms with van der Waals surface area (Å²) in [4.78, 5) is 27.2. The van der Waals surface area contributed by atoms with E-state index < -0.39 is 5.97 Å². The van der Waals surface area contributed by atoms with Crippen LogP contribution in [0.5, 0.6) is 0 Å². The first kappa shape index (κ1) is 26.4. The highest BCUT2D eigenvalue weighted by Gasteiger charge is 2.20. The van der Waals surface area contributed by atoms with E-state index in [0.717, 1.165) is 11.3 Å². The van der Waals surface area contributed by atoms with E-state index in [2.05, 4.69) is 48.6 Å². The third-order valence-electron chi connectivity index (χ3n) is 5.92. The molecule has 2 amide bonds. The van der Waals surface area contributed by atoms with Gasteiger partial charge in [0.05, 0.1) is 5.37 Å². The number of nitrogens with zero attached hydrogens (tertiary/aromatic N) is 1. The molecule has 0 aliphatic heterocycles. The number of carboxylic acids is 1. The number of aryl methyl sites for hydroxylation is 1. The van der Waals surface area contributed by atoms with Crippen LogP contribution in [0.2, 0.25) is 0 Å². The normalized spacial score (nSPS) is 11.7. The number of aliphatic carboxylic acids is 1. The van der Waals surface area contributed by atoms with Crippen LogP contribution in [0.4, 0.5) is 4.79 Å². The molecule has 0 aromatic heterocycles. The van der Waals surface area contributed by atoms with Crippen LogP contribution in [0.1, 0.15) is 48.8 Å². The Morgan fingerprint density at radius 1 is 0.886 bits per heavy atom. The molecule has 5 nitrogen and oxygen atoms in total. The minimum Gasteiger partial charge on any atom is -0.481 e. The fourth-order valence-electron chi connectivity index (χ4n) is 4.09. The molecule has 0 fully saturated rings. The van der Waals surface area contributed by atoms with Crippen molar-refractivity contribution in [3.63, 3.8) is 0 Å². The maximum absolute atomic E-state index is 13.2. The molecule has 1 unspecified atom stereocenters. The molecule has 2 N–H and O–H groups in total. The molecule has 1 atom stereocenters. The zero-order valence-electron chi connectivity index (χ0n) is 20.4. The first-order valence-electron chi connectivity index (χ1n) is 12.0. The van der Waals surface area contributed by atoms with Gasteiger partial charge in [-0.05, 0) is 49.4 Å². The Hall–Kier alpha value is -3.25. The second-order valence-electron chi connectivity index (χ2n) is 8.62. The Labute approximate surface area is 212 Å². The van der Waals surface area contributed by atoms with Crippen molar-refractivity contribution in [2.75, 3.05) is 13.1 Å². The lowest BCUT2D eigenvalue weighted by Crippen LogP contribution is -2.44. The second-order valence-corrected chi connectivity index (χ2v) is 10.0. The minimum atomic E-state index is -0.847. The van der Waals surface area contributed by atoms with Crippen LogP contribution in [0.25, 0.3) is 0 Å². The van der Waals surface area contributed by atoms with Crippen LogP contribution in [0.15, 0.2) is 89.8 Å². The summed E-state index contributed by atoms with van der Waals surface area (Å²) in [6.45, 7) is 4.96. The largest absolute Gasteiger partial charge is 0.481 e. The maximum atomic E-state index is 13.2. The van der Waals surface area contributed by atoms with Gasteiger partial charge in [0, 0.05) is 30.3 Å². The van der Waals surface area contributed by atoms with Gasteiger partial charge >= 0.3 is 12.0 Å². The fourth-order valence-corrected chi connectivity index (χ4v) is 5.04. The molecule has 184 valence electrons. The summed E-state index contributed by atoms with van der Waals surface area (Å²) in [5.74, 6) is -0.703. The van der Waals surface area contributed by atoms with Crippen LogP contribution >= 0.6 is 11.8 Å². The molecule has 3 aromatic carbocycles. The van der Waals surface area contributed by atoms with E-state index in [0.29, 0.717) is 19.5 Å². The van der Waals surface area contributed by atoms with Gasteiger partial charge in [0.1, 0.15) is 0 Å². The van der Waals surface area contributed by atoms with Crippen molar-refractivity contribution < 1.29 is 14.7 Å². The zero-order valence-corrected chi connectivity index (χ0v) is 21.2. The summed E-state index contributed by atoms with van der Waals surface area (Å²) in [6.07, 6.45) is 1.20. The van der Waals surface area contributed by atoms with Crippen LogP contribution in [0.3, 0.4) is 0 Å². The first-order valence-corrected chi connectivity index (χ1v) is 12.9. The fraction of sp³-hybridized carbons (Fsp3) is 0.310. The van der Waals surface area contributed by atoms with E-state index in [1.165, 1.54) is 16.7 Å². The van der Waals surface area contributed by atoms with E-state index in [1.807, 2.05) is 55.5 Å². The monoisotopic (exact) mass is 490 g/mol. The average Bonchev–Trinajstić information content (AvgIpc) is 2.85. The molecule has 3 rings (SSSR count). The Kier molecular flexibility index (Phi) is 10.2. The van der Waals surface area contributed by atoms with Crippen molar-refractivity contribution in [2.45, 2.75) is 49.3 Å². The lowest BCUT2D eigenvalue weighted by Gasteiger charge is -2.27. The highest BCUT2D eigenvalue weighted by Crippen LogP contribution is 2.29. The van der Waals surface area contributed by atoms with Crippen LogP contribution in [-0.2, 0) is 4.79 Å². The van der Waals surface area contributed by atoms with Crippen molar-refractivity contribution >= 4 is 23.8 Å². The van der Waals surface area contributed by atoms with Gasteiger partial charge in [-0.3, -0.25) is 4.79 Å². The number of urea groups is 1. The third-order valence-corrected chi connectivity index (χ3v) is 7.10. The van der Waals surface area contributed by atoms with E-state index in [9.17, 15) is 9.59 Å². The number of carbonyl (C=O) groups is 2. The van der Waals surface area contributed by atoms with Crippen molar-refractivity contribution in [1.29, 1.82) is 0 Å². The van der Waals surface area contributed by atoms with Crippen molar-refractivity contribution in [1.82, 2.24) is 10.2 Å². The first-order chi connectivity index (χ1) is 16.9. The van der Waals surface area contributed by atoms with E-state index >= 15 is 0 Å². The molecule has 0 radical (unpaired) electrons. The number of amides is 2. The maximum Gasteiger partial charge on any atom is 0.318 e. The van der Waals surface area contributed by atoms with Gasteiger partial charge in [-0.1, -0.05) is 78.9 Å². The second kappa shape index (κ2) is 13.6. The average molecular weight is 491 g/mol. The lowest BCUT2D eigenvalue weighted by molar-refractivity contribution is -0.137. The number of benzene rings is 3. The van der Waals surface area contributed by atoms with E-state index in [-0.39, 0.29) is 23.7 Å².